The van der Waals surface area contributed by atoms with E-state index in [2.05, 4.69) is 5.32 Å². The van der Waals surface area contributed by atoms with E-state index in [1.165, 1.54) is 6.07 Å². The van der Waals surface area contributed by atoms with E-state index in [1.807, 2.05) is 62.4 Å². The highest BCUT2D eigenvalue weighted by atomic mass is 16.5. The fourth-order valence-electron chi connectivity index (χ4n) is 3.22. The van der Waals surface area contributed by atoms with Gasteiger partial charge in [-0.05, 0) is 49.2 Å². The fraction of sp³-hybridized carbons (Fsp3) is 0.120. The summed E-state index contributed by atoms with van der Waals surface area (Å²) in [6, 6.07) is 23.4. The summed E-state index contributed by atoms with van der Waals surface area (Å²) in [6.45, 7) is 3.92. The van der Waals surface area contributed by atoms with Gasteiger partial charge in [0.15, 0.2) is 0 Å². The first-order chi connectivity index (χ1) is 14.5. The van der Waals surface area contributed by atoms with Crippen LogP contribution in [0.1, 0.15) is 22.8 Å². The Hall–Kier alpha value is -3.86. The van der Waals surface area contributed by atoms with Crippen LogP contribution in [0.25, 0.3) is 11.0 Å². The average Bonchev–Trinajstić information content (AvgIpc) is 2.75. The van der Waals surface area contributed by atoms with Crippen molar-refractivity contribution in [1.82, 2.24) is 0 Å². The first kappa shape index (κ1) is 19.5. The highest BCUT2D eigenvalue weighted by Gasteiger charge is 2.23. The molecule has 30 heavy (non-hydrogen) atoms. The van der Waals surface area contributed by atoms with Crippen molar-refractivity contribution in [3.63, 3.8) is 0 Å². The van der Waals surface area contributed by atoms with E-state index in [4.69, 9.17) is 9.15 Å². The van der Waals surface area contributed by atoms with Gasteiger partial charge in [0.2, 0.25) is 6.10 Å². The number of benzene rings is 3. The van der Waals surface area contributed by atoms with Gasteiger partial charge in [-0.15, -0.1) is 0 Å². The second-order valence-corrected chi connectivity index (χ2v) is 7.17. The van der Waals surface area contributed by atoms with Crippen molar-refractivity contribution in [1.29, 1.82) is 0 Å². The average molecular weight is 399 g/mol. The molecule has 5 heteroatoms. The number of ether oxygens (including phenoxy) is 1. The molecule has 1 N–H and O–H groups in total. The van der Waals surface area contributed by atoms with Gasteiger partial charge in [-0.3, -0.25) is 4.79 Å². The zero-order valence-electron chi connectivity index (χ0n) is 16.7. The Balaban J connectivity index is 1.67. The summed E-state index contributed by atoms with van der Waals surface area (Å²) in [4.78, 5) is 24.7. The fourth-order valence-corrected chi connectivity index (χ4v) is 3.22. The molecule has 1 atom stereocenters. The van der Waals surface area contributed by atoms with E-state index in [-0.39, 0.29) is 5.91 Å². The molecule has 1 aromatic heterocycles. The SMILES string of the molecule is Cc1ccc(C)c(NC(=O)[C@@H](Oc2ccc3ccc(=O)oc3c2)c2ccccc2)c1. The highest BCUT2D eigenvalue weighted by molar-refractivity contribution is 5.96. The maximum atomic E-state index is 13.2. The molecule has 3 aromatic carbocycles. The van der Waals surface area contributed by atoms with Crippen molar-refractivity contribution in [3.05, 3.63) is 106 Å². The Kier molecular flexibility index (Phi) is 5.35. The van der Waals surface area contributed by atoms with Gasteiger partial charge in [-0.2, -0.15) is 0 Å². The molecule has 0 saturated carbocycles. The van der Waals surface area contributed by atoms with Crippen molar-refractivity contribution >= 4 is 22.6 Å². The smallest absolute Gasteiger partial charge is 0.336 e. The molecule has 0 aliphatic carbocycles. The third-order valence-electron chi connectivity index (χ3n) is 4.84. The lowest BCUT2D eigenvalue weighted by molar-refractivity contribution is -0.123. The molecule has 0 fully saturated rings. The van der Waals surface area contributed by atoms with E-state index >= 15 is 0 Å². The molecule has 5 nitrogen and oxygen atoms in total. The Labute approximate surface area is 173 Å². The number of nitrogens with one attached hydrogen (secondary N) is 1. The Morgan fingerprint density at radius 3 is 2.50 bits per heavy atom. The third-order valence-corrected chi connectivity index (χ3v) is 4.84. The lowest BCUT2D eigenvalue weighted by Crippen LogP contribution is -2.26. The summed E-state index contributed by atoms with van der Waals surface area (Å²) >= 11 is 0. The number of rotatable bonds is 5. The number of amides is 1. The number of anilines is 1. The minimum absolute atomic E-state index is 0.287. The van der Waals surface area contributed by atoms with Crippen LogP contribution in [0.2, 0.25) is 0 Å². The van der Waals surface area contributed by atoms with Crippen molar-refractivity contribution in [2.45, 2.75) is 20.0 Å². The zero-order chi connectivity index (χ0) is 21.1. The van der Waals surface area contributed by atoms with Crippen LogP contribution >= 0.6 is 0 Å². The Morgan fingerprint density at radius 2 is 1.70 bits per heavy atom. The van der Waals surface area contributed by atoms with Crippen LogP contribution in [0.3, 0.4) is 0 Å². The van der Waals surface area contributed by atoms with Crippen LogP contribution in [-0.4, -0.2) is 5.91 Å². The van der Waals surface area contributed by atoms with E-state index in [0.29, 0.717) is 11.3 Å². The first-order valence-electron chi connectivity index (χ1n) is 9.63. The van der Waals surface area contributed by atoms with E-state index < -0.39 is 11.7 Å². The summed E-state index contributed by atoms with van der Waals surface area (Å²) < 4.78 is 11.3. The maximum Gasteiger partial charge on any atom is 0.336 e. The monoisotopic (exact) mass is 399 g/mol. The third kappa shape index (κ3) is 4.25. The number of hydrogen-bond acceptors (Lipinski definition) is 4. The van der Waals surface area contributed by atoms with Gasteiger partial charge in [0.25, 0.3) is 5.91 Å². The second kappa shape index (κ2) is 8.25. The van der Waals surface area contributed by atoms with Crippen LogP contribution in [0.15, 0.2) is 88.1 Å². The number of fused-ring (bicyclic) bond motifs is 1. The molecule has 0 unspecified atom stereocenters. The summed E-state index contributed by atoms with van der Waals surface area (Å²) in [5.74, 6) is 0.145. The van der Waals surface area contributed by atoms with Gasteiger partial charge in [0, 0.05) is 28.8 Å². The van der Waals surface area contributed by atoms with Crippen LogP contribution in [0, 0.1) is 13.8 Å². The molecule has 4 aromatic rings. The molecule has 0 aliphatic heterocycles. The van der Waals surface area contributed by atoms with E-state index in [0.717, 1.165) is 27.8 Å². The Bertz CT molecular complexity index is 1260. The molecule has 0 radical (unpaired) electrons. The minimum Gasteiger partial charge on any atom is -0.476 e. The largest absolute Gasteiger partial charge is 0.476 e. The molecule has 0 aliphatic rings. The zero-order valence-corrected chi connectivity index (χ0v) is 16.7. The van der Waals surface area contributed by atoms with Crippen molar-refractivity contribution in [2.24, 2.45) is 0 Å². The molecule has 0 saturated heterocycles. The van der Waals surface area contributed by atoms with Crippen LogP contribution < -0.4 is 15.7 Å². The molecule has 1 amide bonds. The second-order valence-electron chi connectivity index (χ2n) is 7.17. The lowest BCUT2D eigenvalue weighted by Gasteiger charge is -2.20. The number of hydrogen-bond donors (Lipinski definition) is 1. The molecule has 0 spiro atoms. The first-order valence-corrected chi connectivity index (χ1v) is 9.63. The van der Waals surface area contributed by atoms with Gasteiger partial charge in [0.1, 0.15) is 11.3 Å². The lowest BCUT2D eigenvalue weighted by atomic mass is 10.1. The van der Waals surface area contributed by atoms with Gasteiger partial charge >= 0.3 is 5.63 Å². The number of carbonyl (C=O) groups is 1. The maximum absolute atomic E-state index is 13.2. The van der Waals surface area contributed by atoms with Crippen molar-refractivity contribution < 1.29 is 13.9 Å². The summed E-state index contributed by atoms with van der Waals surface area (Å²) in [7, 11) is 0. The van der Waals surface area contributed by atoms with Gasteiger partial charge in [0.05, 0.1) is 0 Å². The van der Waals surface area contributed by atoms with Crippen LogP contribution in [0.4, 0.5) is 5.69 Å². The standard InChI is InChI=1S/C25H21NO4/c1-16-8-9-17(2)21(14-16)26-25(28)24(19-6-4-3-5-7-19)29-20-12-10-18-11-13-23(27)30-22(18)15-20/h3-15,24H,1-2H3,(H,26,28)/t24-/m0/s1. The summed E-state index contributed by atoms with van der Waals surface area (Å²) in [5.41, 5.74) is 3.45. The molecule has 0 bridgehead atoms. The highest BCUT2D eigenvalue weighted by Crippen LogP contribution is 2.27. The minimum atomic E-state index is -0.876. The summed E-state index contributed by atoms with van der Waals surface area (Å²) in [5, 5.41) is 3.75. The van der Waals surface area contributed by atoms with Gasteiger partial charge in [-0.1, -0.05) is 42.5 Å². The topological polar surface area (TPSA) is 68.5 Å². The van der Waals surface area contributed by atoms with E-state index in [1.54, 1.807) is 24.3 Å². The Morgan fingerprint density at radius 1 is 0.933 bits per heavy atom. The van der Waals surface area contributed by atoms with Gasteiger partial charge in [-0.25, -0.2) is 4.79 Å². The molecule has 150 valence electrons. The quantitative estimate of drug-likeness (QED) is 0.470. The van der Waals surface area contributed by atoms with Crippen LogP contribution in [-0.2, 0) is 4.79 Å². The van der Waals surface area contributed by atoms with Crippen molar-refractivity contribution in [2.75, 3.05) is 5.32 Å². The predicted molar refractivity (Wildman–Crippen MR) is 117 cm³/mol. The van der Waals surface area contributed by atoms with Crippen molar-refractivity contribution in [3.8, 4) is 5.75 Å². The normalized spacial score (nSPS) is 11.8. The van der Waals surface area contributed by atoms with Gasteiger partial charge < -0.3 is 14.5 Å². The molecule has 4 rings (SSSR count). The van der Waals surface area contributed by atoms with Crippen LogP contribution in [0.5, 0.6) is 5.75 Å². The predicted octanol–water partition coefficient (Wildman–Crippen LogP) is 5.17. The molecule has 1 heterocycles. The molecular formula is C25H21NO4. The number of aryl methyl sites for hydroxylation is 2. The number of carbonyl (C=O) groups excluding carboxylic acids is 1. The molecular weight excluding hydrogens is 378 g/mol. The summed E-state index contributed by atoms with van der Waals surface area (Å²) in [6.07, 6.45) is -0.876. The van der Waals surface area contributed by atoms with E-state index in [9.17, 15) is 9.59 Å².